The van der Waals surface area contributed by atoms with Crippen molar-refractivity contribution in [2.24, 2.45) is 17.8 Å². The SMILES string of the molecule is C[C]1C(C(C)C)=C(C)C(C(C)C)=C1C(C)C. The Morgan fingerprint density at radius 1 is 0.562 bits per heavy atom. The highest BCUT2D eigenvalue weighted by Crippen LogP contribution is 2.47. The summed E-state index contributed by atoms with van der Waals surface area (Å²) in [5.41, 5.74) is 6.35. The van der Waals surface area contributed by atoms with Crippen molar-refractivity contribution in [3.63, 3.8) is 0 Å². The first-order valence-electron chi connectivity index (χ1n) is 6.58. The molecule has 1 radical (unpaired) electrons. The van der Waals surface area contributed by atoms with Crippen molar-refractivity contribution in [1.82, 2.24) is 0 Å². The molecule has 0 spiro atoms. The number of hydrogen-bond donors (Lipinski definition) is 0. The Morgan fingerprint density at radius 2 is 0.938 bits per heavy atom. The van der Waals surface area contributed by atoms with E-state index in [0.29, 0.717) is 17.8 Å². The maximum absolute atomic E-state index is 2.32. The van der Waals surface area contributed by atoms with Crippen molar-refractivity contribution in [3.8, 4) is 0 Å². The maximum atomic E-state index is 2.32. The summed E-state index contributed by atoms with van der Waals surface area (Å²) in [6.07, 6.45) is 0. The molecule has 1 aliphatic carbocycles. The summed E-state index contributed by atoms with van der Waals surface area (Å²) in [5.74, 6) is 3.48. The molecule has 0 nitrogen and oxygen atoms in total. The van der Waals surface area contributed by atoms with Crippen LogP contribution in [-0.4, -0.2) is 0 Å². The van der Waals surface area contributed by atoms with E-state index in [4.69, 9.17) is 0 Å². The zero-order valence-corrected chi connectivity index (χ0v) is 12.2. The van der Waals surface area contributed by atoms with Crippen molar-refractivity contribution in [3.05, 3.63) is 28.2 Å². The highest BCUT2D eigenvalue weighted by molar-refractivity contribution is 5.60. The van der Waals surface area contributed by atoms with Gasteiger partial charge in [0.05, 0.1) is 0 Å². The molecular weight excluding hydrogens is 192 g/mol. The van der Waals surface area contributed by atoms with Gasteiger partial charge in [-0.05, 0) is 35.8 Å². The Morgan fingerprint density at radius 3 is 1.19 bits per heavy atom. The molecule has 0 heteroatoms. The summed E-state index contributed by atoms with van der Waals surface area (Å²) >= 11 is 0. The van der Waals surface area contributed by atoms with E-state index >= 15 is 0 Å². The molecule has 91 valence electrons. The minimum Gasteiger partial charge on any atom is -0.0590 e. The van der Waals surface area contributed by atoms with Crippen LogP contribution in [0.25, 0.3) is 0 Å². The first kappa shape index (κ1) is 13.5. The molecule has 0 aromatic rings. The molecule has 1 aliphatic rings. The van der Waals surface area contributed by atoms with Crippen LogP contribution >= 0.6 is 0 Å². The summed E-state index contributed by atoms with van der Waals surface area (Å²) in [6.45, 7) is 18.5. The van der Waals surface area contributed by atoms with Gasteiger partial charge in [-0.1, -0.05) is 59.6 Å². The standard InChI is InChI=1S/C16H27/c1-9(2)14-12(7)15(10(3)4)16(11(5)6)13(14)8/h9-11H,1-8H3. The molecule has 0 atom stereocenters. The third-order valence-electron chi connectivity index (χ3n) is 3.64. The van der Waals surface area contributed by atoms with E-state index in [-0.39, 0.29) is 0 Å². The van der Waals surface area contributed by atoms with E-state index in [2.05, 4.69) is 55.4 Å². The third-order valence-corrected chi connectivity index (χ3v) is 3.64. The molecule has 0 amide bonds. The van der Waals surface area contributed by atoms with Crippen LogP contribution in [0.3, 0.4) is 0 Å². The summed E-state index contributed by atoms with van der Waals surface area (Å²) in [6, 6.07) is 0. The Labute approximate surface area is 102 Å². The fourth-order valence-electron chi connectivity index (χ4n) is 3.33. The maximum Gasteiger partial charge on any atom is 0.0238 e. The highest BCUT2D eigenvalue weighted by atomic mass is 14.4. The molecule has 0 N–H and O–H groups in total. The Kier molecular flexibility index (Phi) is 4.04. The third kappa shape index (κ3) is 2.12. The average molecular weight is 219 g/mol. The van der Waals surface area contributed by atoms with Crippen LogP contribution < -0.4 is 0 Å². The van der Waals surface area contributed by atoms with Crippen molar-refractivity contribution < 1.29 is 0 Å². The van der Waals surface area contributed by atoms with Crippen molar-refractivity contribution in [1.29, 1.82) is 0 Å². The largest absolute Gasteiger partial charge is 0.0590 e. The van der Waals surface area contributed by atoms with E-state index in [1.165, 1.54) is 0 Å². The molecule has 0 unspecified atom stereocenters. The van der Waals surface area contributed by atoms with Crippen molar-refractivity contribution in [2.45, 2.75) is 55.4 Å². The molecule has 0 aliphatic heterocycles. The van der Waals surface area contributed by atoms with Crippen LogP contribution in [-0.2, 0) is 0 Å². The zero-order chi connectivity index (χ0) is 12.6. The van der Waals surface area contributed by atoms with Crippen molar-refractivity contribution >= 4 is 0 Å². The molecular formula is C16H27. The van der Waals surface area contributed by atoms with E-state index < -0.39 is 0 Å². The smallest absolute Gasteiger partial charge is 0.0238 e. The minimum atomic E-state index is 0.642. The van der Waals surface area contributed by atoms with Gasteiger partial charge in [0.1, 0.15) is 0 Å². The lowest BCUT2D eigenvalue weighted by molar-refractivity contribution is 0.694. The molecule has 1 rings (SSSR count). The molecule has 0 bridgehead atoms. The van der Waals surface area contributed by atoms with Crippen LogP contribution in [0.2, 0.25) is 0 Å². The highest BCUT2D eigenvalue weighted by Gasteiger charge is 2.32. The second kappa shape index (κ2) is 4.77. The molecule has 0 saturated carbocycles. The molecule has 0 aromatic heterocycles. The van der Waals surface area contributed by atoms with Crippen molar-refractivity contribution in [2.75, 3.05) is 0 Å². The molecule has 0 fully saturated rings. The van der Waals surface area contributed by atoms with Gasteiger partial charge in [0.25, 0.3) is 0 Å². The Bertz CT molecular complexity index is 324. The number of allylic oxidation sites excluding steroid dienone is 4. The lowest BCUT2D eigenvalue weighted by Crippen LogP contribution is -2.07. The first-order valence-corrected chi connectivity index (χ1v) is 6.58. The van der Waals surface area contributed by atoms with Gasteiger partial charge in [0.15, 0.2) is 0 Å². The second-order valence-electron chi connectivity index (χ2n) is 5.96. The average Bonchev–Trinajstić information content (AvgIpc) is 2.36. The fraction of sp³-hybridized carbons (Fsp3) is 0.688. The quantitative estimate of drug-likeness (QED) is 0.614. The minimum absolute atomic E-state index is 0.642. The van der Waals surface area contributed by atoms with Gasteiger partial charge in [-0.15, -0.1) is 0 Å². The zero-order valence-electron chi connectivity index (χ0n) is 12.2. The molecule has 0 heterocycles. The van der Waals surface area contributed by atoms with Crippen LogP contribution in [0.4, 0.5) is 0 Å². The fourth-order valence-corrected chi connectivity index (χ4v) is 3.33. The van der Waals surface area contributed by atoms with Gasteiger partial charge < -0.3 is 0 Å². The second-order valence-corrected chi connectivity index (χ2v) is 5.96. The van der Waals surface area contributed by atoms with Gasteiger partial charge >= 0.3 is 0 Å². The normalized spacial score (nSPS) is 18.9. The van der Waals surface area contributed by atoms with E-state index in [1.807, 2.05) is 0 Å². The lowest BCUT2D eigenvalue weighted by atomic mass is 9.84. The van der Waals surface area contributed by atoms with Crippen LogP contribution in [0.15, 0.2) is 22.3 Å². The predicted octanol–water partition coefficient (Wildman–Crippen LogP) is 5.18. The Hall–Kier alpha value is -0.520. The summed E-state index contributed by atoms with van der Waals surface area (Å²) < 4.78 is 0. The summed E-state index contributed by atoms with van der Waals surface area (Å²) in [7, 11) is 0. The van der Waals surface area contributed by atoms with Crippen LogP contribution in [0.1, 0.15) is 55.4 Å². The van der Waals surface area contributed by atoms with Gasteiger partial charge in [0.2, 0.25) is 0 Å². The first-order chi connectivity index (χ1) is 7.29. The predicted molar refractivity (Wildman–Crippen MR) is 73.2 cm³/mol. The van der Waals surface area contributed by atoms with Gasteiger partial charge in [-0.3, -0.25) is 0 Å². The van der Waals surface area contributed by atoms with Crippen LogP contribution in [0, 0.1) is 23.7 Å². The van der Waals surface area contributed by atoms with E-state index in [1.54, 1.807) is 28.2 Å². The van der Waals surface area contributed by atoms with E-state index in [9.17, 15) is 0 Å². The summed E-state index contributed by atoms with van der Waals surface area (Å²) in [5, 5.41) is 0. The van der Waals surface area contributed by atoms with Gasteiger partial charge in [0, 0.05) is 5.92 Å². The van der Waals surface area contributed by atoms with Gasteiger partial charge in [-0.2, -0.15) is 0 Å². The Balaban J connectivity index is 3.29. The molecule has 16 heavy (non-hydrogen) atoms. The molecule has 0 aromatic carbocycles. The van der Waals surface area contributed by atoms with Gasteiger partial charge in [-0.25, -0.2) is 0 Å². The topological polar surface area (TPSA) is 0 Å². The summed E-state index contributed by atoms with van der Waals surface area (Å²) in [4.78, 5) is 0. The van der Waals surface area contributed by atoms with Crippen LogP contribution in [0.5, 0.6) is 0 Å². The number of hydrogen-bond acceptors (Lipinski definition) is 0. The van der Waals surface area contributed by atoms with E-state index in [0.717, 1.165) is 0 Å². The monoisotopic (exact) mass is 219 g/mol. The number of rotatable bonds is 3. The lowest BCUT2D eigenvalue weighted by Gasteiger charge is -2.20. The molecule has 0 saturated heterocycles.